The van der Waals surface area contributed by atoms with Crippen LogP contribution in [0.4, 0.5) is 11.4 Å². The van der Waals surface area contributed by atoms with Gasteiger partial charge in [0.05, 0.1) is 4.92 Å². The van der Waals surface area contributed by atoms with E-state index in [1.165, 1.54) is 28.9 Å². The third kappa shape index (κ3) is 5.01. The van der Waals surface area contributed by atoms with Crippen LogP contribution in [0.25, 0.3) is 0 Å². The second kappa shape index (κ2) is 8.44. The largest absolute Gasteiger partial charge is 0.484 e. The van der Waals surface area contributed by atoms with Gasteiger partial charge in [-0.3, -0.25) is 14.9 Å². The Hall–Kier alpha value is -3.53. The number of anilines is 1. The number of ether oxygens (including phenoxy) is 1. The highest BCUT2D eigenvalue weighted by Gasteiger charge is 2.12. The fourth-order valence-electron chi connectivity index (χ4n) is 2.36. The zero-order valence-corrected chi connectivity index (χ0v) is 15.6. The average Bonchev–Trinajstić information content (AvgIpc) is 3.00. The molecular formula is C18H16N4O5S. The lowest BCUT2D eigenvalue weighted by molar-refractivity contribution is -0.384. The molecule has 144 valence electrons. The number of non-ortho nitro benzene ring substituents is 1. The van der Waals surface area contributed by atoms with Gasteiger partial charge in [0.25, 0.3) is 16.4 Å². The number of carbonyl (C=O) groups is 1. The summed E-state index contributed by atoms with van der Waals surface area (Å²) in [5, 5.41) is 17.4. The van der Waals surface area contributed by atoms with Crippen molar-refractivity contribution in [1.82, 2.24) is 9.78 Å². The topological polar surface area (TPSA) is 112 Å². The summed E-state index contributed by atoms with van der Waals surface area (Å²) in [6, 6.07) is 13.0. The molecule has 0 bridgehead atoms. The van der Waals surface area contributed by atoms with Crippen molar-refractivity contribution in [3.05, 3.63) is 74.9 Å². The highest BCUT2D eigenvalue weighted by molar-refractivity contribution is 7.71. The molecule has 0 aliphatic rings. The van der Waals surface area contributed by atoms with Crippen LogP contribution in [0.3, 0.4) is 0 Å². The van der Waals surface area contributed by atoms with Crippen molar-refractivity contribution in [2.24, 2.45) is 0 Å². The Morgan fingerprint density at radius 2 is 2.07 bits per heavy atom. The first-order valence-electron chi connectivity index (χ1n) is 8.21. The van der Waals surface area contributed by atoms with Crippen molar-refractivity contribution < 1.29 is 18.9 Å². The molecule has 0 spiro atoms. The summed E-state index contributed by atoms with van der Waals surface area (Å²) in [6.45, 7) is 1.87. The van der Waals surface area contributed by atoms with E-state index < -0.39 is 10.8 Å². The first kappa shape index (κ1) is 19.2. The molecule has 0 aliphatic heterocycles. The Morgan fingerprint density at radius 1 is 1.32 bits per heavy atom. The molecule has 0 radical (unpaired) electrons. The van der Waals surface area contributed by atoms with Gasteiger partial charge in [-0.05, 0) is 49.0 Å². The number of nitro groups is 1. The maximum atomic E-state index is 12.2. The van der Waals surface area contributed by atoms with E-state index in [1.54, 1.807) is 0 Å². The van der Waals surface area contributed by atoms with Crippen LogP contribution < -0.4 is 10.1 Å². The first-order valence-corrected chi connectivity index (χ1v) is 8.62. The fourth-order valence-corrected chi connectivity index (χ4v) is 2.56. The van der Waals surface area contributed by atoms with Crippen molar-refractivity contribution in [2.45, 2.75) is 20.1 Å². The Morgan fingerprint density at radius 3 is 2.75 bits per heavy atom. The van der Waals surface area contributed by atoms with Gasteiger partial charge in [0.1, 0.15) is 12.3 Å². The van der Waals surface area contributed by atoms with Crippen LogP contribution in [0.5, 0.6) is 5.75 Å². The molecule has 3 aromatic rings. The number of rotatable bonds is 7. The number of nitrogens with one attached hydrogen (secondary N) is 1. The van der Waals surface area contributed by atoms with Gasteiger partial charge < -0.3 is 14.5 Å². The molecule has 0 saturated carbocycles. The number of hydrogen-bond donors (Lipinski definition) is 1. The van der Waals surface area contributed by atoms with Crippen molar-refractivity contribution >= 4 is 29.5 Å². The van der Waals surface area contributed by atoms with Gasteiger partial charge in [0.15, 0.2) is 6.61 Å². The molecule has 1 aromatic heterocycles. The van der Waals surface area contributed by atoms with Crippen molar-refractivity contribution in [1.29, 1.82) is 0 Å². The monoisotopic (exact) mass is 400 g/mol. The van der Waals surface area contributed by atoms with Crippen LogP contribution in [0.2, 0.25) is 0 Å². The molecule has 1 amide bonds. The molecular weight excluding hydrogens is 384 g/mol. The maximum absolute atomic E-state index is 12.2. The van der Waals surface area contributed by atoms with E-state index in [1.807, 2.05) is 31.2 Å². The maximum Gasteiger partial charge on any atom is 0.287 e. The summed E-state index contributed by atoms with van der Waals surface area (Å²) >= 11 is 5.08. The Kier molecular flexibility index (Phi) is 5.80. The first-order chi connectivity index (χ1) is 13.4. The molecule has 0 aliphatic carbocycles. The van der Waals surface area contributed by atoms with Gasteiger partial charge in [0, 0.05) is 17.8 Å². The van der Waals surface area contributed by atoms with Gasteiger partial charge >= 0.3 is 0 Å². The molecule has 1 N–H and O–H groups in total. The van der Waals surface area contributed by atoms with Crippen LogP contribution in [0, 0.1) is 21.9 Å². The number of nitro benzene ring substituents is 1. The lowest BCUT2D eigenvalue weighted by Crippen LogP contribution is -2.19. The van der Waals surface area contributed by atoms with Crippen LogP contribution >= 0.6 is 12.2 Å². The fraction of sp³-hybridized carbons (Fsp3) is 0.167. The molecule has 1 heterocycles. The van der Waals surface area contributed by atoms with Crippen LogP contribution in [-0.4, -0.2) is 20.6 Å². The number of aryl methyl sites for hydroxylation is 1. The normalized spacial score (nSPS) is 10.5. The average molecular weight is 400 g/mol. The summed E-state index contributed by atoms with van der Waals surface area (Å²) in [5.74, 6) is 0.519. The molecule has 10 heteroatoms. The molecule has 0 atom stereocenters. The third-order valence-corrected chi connectivity index (χ3v) is 3.95. The van der Waals surface area contributed by atoms with Gasteiger partial charge in [0.2, 0.25) is 5.91 Å². The zero-order chi connectivity index (χ0) is 20.1. The Labute approximate surface area is 164 Å². The summed E-state index contributed by atoms with van der Waals surface area (Å²) < 4.78 is 12.2. The number of aromatic nitrogens is 2. The van der Waals surface area contributed by atoms with Crippen LogP contribution in [0.1, 0.15) is 11.5 Å². The van der Waals surface area contributed by atoms with Crippen LogP contribution in [-0.2, 0) is 17.9 Å². The molecule has 0 fully saturated rings. The Balaban J connectivity index is 1.59. The van der Waals surface area contributed by atoms with Gasteiger partial charge in [-0.1, -0.05) is 12.1 Å². The predicted octanol–water partition coefficient (Wildman–Crippen LogP) is 3.64. The number of nitrogens with zero attached hydrogens (tertiary/aromatic N) is 3. The van der Waals surface area contributed by atoms with Crippen LogP contribution in [0.15, 0.2) is 52.9 Å². The van der Waals surface area contributed by atoms with Crippen molar-refractivity contribution in [3.8, 4) is 5.75 Å². The number of hydrogen-bond acceptors (Lipinski definition) is 7. The summed E-state index contributed by atoms with van der Waals surface area (Å²) in [4.78, 5) is 22.3. The number of benzene rings is 2. The Bertz CT molecular complexity index is 1060. The molecule has 3 rings (SSSR count). The lowest BCUT2D eigenvalue weighted by atomic mass is 10.2. The van der Waals surface area contributed by atoms with E-state index in [9.17, 15) is 14.9 Å². The standard InChI is InChI=1S/C18H16N4O5S/c1-12-3-2-4-15(9-12)26-11-17-20-21(18(28)27-17)10-16(23)19-13-5-7-14(8-6-13)22(24)25/h2-9H,10-11H2,1H3,(H,19,23). The summed E-state index contributed by atoms with van der Waals surface area (Å²) in [5.41, 5.74) is 1.43. The van der Waals surface area contributed by atoms with Gasteiger partial charge in [-0.15, -0.1) is 5.10 Å². The highest BCUT2D eigenvalue weighted by atomic mass is 32.1. The molecule has 2 aromatic carbocycles. The molecule has 0 unspecified atom stereocenters. The van der Waals surface area contributed by atoms with Gasteiger partial charge in [-0.2, -0.15) is 0 Å². The summed E-state index contributed by atoms with van der Waals surface area (Å²) in [6.07, 6.45) is 0. The molecule has 0 saturated heterocycles. The molecule has 28 heavy (non-hydrogen) atoms. The predicted molar refractivity (Wildman–Crippen MR) is 103 cm³/mol. The quantitative estimate of drug-likeness (QED) is 0.366. The van der Waals surface area contributed by atoms with Crippen molar-refractivity contribution in [2.75, 3.05) is 5.32 Å². The smallest absolute Gasteiger partial charge is 0.287 e. The number of amides is 1. The summed E-state index contributed by atoms with van der Waals surface area (Å²) in [7, 11) is 0. The van der Waals surface area contributed by atoms with E-state index >= 15 is 0 Å². The van der Waals surface area contributed by atoms with Crippen molar-refractivity contribution in [3.63, 3.8) is 0 Å². The zero-order valence-electron chi connectivity index (χ0n) is 14.8. The van der Waals surface area contributed by atoms with E-state index in [2.05, 4.69) is 10.4 Å². The minimum Gasteiger partial charge on any atom is -0.484 e. The molecule has 9 nitrogen and oxygen atoms in total. The minimum atomic E-state index is -0.513. The second-order valence-corrected chi connectivity index (χ2v) is 6.23. The second-order valence-electron chi connectivity index (χ2n) is 5.88. The van der Waals surface area contributed by atoms with E-state index in [-0.39, 0.29) is 29.6 Å². The van der Waals surface area contributed by atoms with E-state index in [0.29, 0.717) is 11.4 Å². The number of carbonyl (C=O) groups excluding carboxylic acids is 1. The SMILES string of the molecule is Cc1cccc(OCc2nn(CC(=O)Nc3ccc([N+](=O)[O-])cc3)c(=S)o2)c1. The highest BCUT2D eigenvalue weighted by Crippen LogP contribution is 2.16. The van der Waals surface area contributed by atoms with Gasteiger partial charge in [-0.25, -0.2) is 4.68 Å². The minimum absolute atomic E-state index is 0.0432. The van der Waals surface area contributed by atoms with E-state index in [0.717, 1.165) is 5.56 Å². The third-order valence-electron chi connectivity index (χ3n) is 3.66. The van der Waals surface area contributed by atoms with E-state index in [4.69, 9.17) is 21.4 Å². The lowest BCUT2D eigenvalue weighted by Gasteiger charge is -2.04.